The van der Waals surface area contributed by atoms with Crippen LogP contribution in [0.15, 0.2) is 30.3 Å². The summed E-state index contributed by atoms with van der Waals surface area (Å²) in [5.41, 5.74) is 1.25. The van der Waals surface area contributed by atoms with E-state index in [0.29, 0.717) is 5.57 Å². The molecule has 0 saturated heterocycles. The van der Waals surface area contributed by atoms with Gasteiger partial charge in [0.15, 0.2) is 0 Å². The van der Waals surface area contributed by atoms with Gasteiger partial charge >= 0.3 is 5.97 Å². The molecule has 1 atom stereocenters. The highest BCUT2D eigenvalue weighted by Gasteiger charge is 2.25. The van der Waals surface area contributed by atoms with E-state index in [1.54, 1.807) is 37.5 Å². The Morgan fingerprint density at radius 2 is 2.06 bits per heavy atom. The van der Waals surface area contributed by atoms with Gasteiger partial charge in [0.05, 0.1) is 19.3 Å². The van der Waals surface area contributed by atoms with E-state index in [1.807, 2.05) is 0 Å². The van der Waals surface area contributed by atoms with Crippen molar-refractivity contribution >= 4 is 11.5 Å². The van der Waals surface area contributed by atoms with Crippen LogP contribution in [-0.4, -0.2) is 30.9 Å². The number of hydrogen-bond acceptors (Lipinski definition) is 4. The number of methoxy groups -OCH3 is 1. The summed E-state index contributed by atoms with van der Waals surface area (Å²) in [4.78, 5) is 11.5. The number of benzene rings is 1. The van der Waals surface area contributed by atoms with Gasteiger partial charge < -0.3 is 14.6 Å². The van der Waals surface area contributed by atoms with E-state index in [1.165, 1.54) is 0 Å². The fourth-order valence-corrected chi connectivity index (χ4v) is 1.56. The van der Waals surface area contributed by atoms with Crippen LogP contribution in [-0.2, 0) is 9.53 Å². The largest absolute Gasteiger partial charge is 0.497 e. The molecule has 16 heavy (non-hydrogen) atoms. The molecule has 0 fully saturated rings. The van der Waals surface area contributed by atoms with Gasteiger partial charge in [-0.15, -0.1) is 0 Å². The highest BCUT2D eigenvalue weighted by Crippen LogP contribution is 2.25. The summed E-state index contributed by atoms with van der Waals surface area (Å²) in [7, 11) is 1.58. The Hall–Kier alpha value is -1.81. The molecule has 1 aliphatic heterocycles. The van der Waals surface area contributed by atoms with Crippen molar-refractivity contribution in [1.82, 2.24) is 0 Å². The van der Waals surface area contributed by atoms with E-state index in [4.69, 9.17) is 14.6 Å². The predicted molar refractivity (Wildman–Crippen MR) is 57.9 cm³/mol. The number of esters is 1. The van der Waals surface area contributed by atoms with Gasteiger partial charge in [0.25, 0.3) is 0 Å². The van der Waals surface area contributed by atoms with Crippen LogP contribution in [0.2, 0.25) is 0 Å². The standard InChI is InChI=1S/C12H12O4/c1-15-9-4-2-8(3-5-9)11-6-10(7-13)16-12(11)14/h2-6,10,13H,7H2,1H3/t10-/m1/s1. The zero-order valence-corrected chi connectivity index (χ0v) is 8.84. The molecule has 1 heterocycles. The molecular formula is C12H12O4. The number of carbonyl (C=O) groups is 1. The molecule has 1 aliphatic rings. The molecule has 0 amide bonds. The van der Waals surface area contributed by atoms with Crippen LogP contribution in [0.25, 0.3) is 5.57 Å². The topological polar surface area (TPSA) is 55.8 Å². The minimum Gasteiger partial charge on any atom is -0.497 e. The number of aliphatic hydroxyl groups is 1. The van der Waals surface area contributed by atoms with Crippen molar-refractivity contribution < 1.29 is 19.4 Å². The summed E-state index contributed by atoms with van der Waals surface area (Å²) >= 11 is 0. The molecule has 0 radical (unpaired) electrons. The van der Waals surface area contributed by atoms with E-state index in [-0.39, 0.29) is 6.61 Å². The van der Waals surface area contributed by atoms with Gasteiger partial charge in [0.1, 0.15) is 11.9 Å². The number of carbonyl (C=O) groups excluding carboxylic acids is 1. The van der Waals surface area contributed by atoms with Gasteiger partial charge in [-0.2, -0.15) is 0 Å². The number of rotatable bonds is 3. The van der Waals surface area contributed by atoms with Crippen LogP contribution in [0.5, 0.6) is 5.75 Å². The molecule has 2 rings (SSSR count). The molecule has 1 aromatic carbocycles. The first kappa shape index (κ1) is 10.7. The van der Waals surface area contributed by atoms with Crippen molar-refractivity contribution in [2.24, 2.45) is 0 Å². The van der Waals surface area contributed by atoms with Crippen molar-refractivity contribution in [3.8, 4) is 5.75 Å². The Bertz CT molecular complexity index is 419. The van der Waals surface area contributed by atoms with Crippen LogP contribution in [0.4, 0.5) is 0 Å². The van der Waals surface area contributed by atoms with Crippen molar-refractivity contribution in [3.63, 3.8) is 0 Å². The average molecular weight is 220 g/mol. The lowest BCUT2D eigenvalue weighted by molar-refractivity contribution is -0.139. The lowest BCUT2D eigenvalue weighted by atomic mass is 10.1. The third-order valence-electron chi connectivity index (χ3n) is 2.41. The van der Waals surface area contributed by atoms with Crippen LogP contribution >= 0.6 is 0 Å². The summed E-state index contributed by atoms with van der Waals surface area (Å²) < 4.78 is 9.95. The van der Waals surface area contributed by atoms with Crippen LogP contribution in [0, 0.1) is 0 Å². The highest BCUT2D eigenvalue weighted by molar-refractivity contribution is 6.18. The molecule has 84 valence electrons. The maximum absolute atomic E-state index is 11.5. The molecule has 0 bridgehead atoms. The lowest BCUT2D eigenvalue weighted by Gasteiger charge is -2.03. The summed E-state index contributed by atoms with van der Waals surface area (Å²) in [5, 5.41) is 8.89. The second kappa shape index (κ2) is 4.37. The number of ether oxygens (including phenoxy) is 2. The number of cyclic esters (lactones) is 1. The SMILES string of the molecule is COc1ccc(C2=C[C@H](CO)OC2=O)cc1. The Balaban J connectivity index is 2.26. The van der Waals surface area contributed by atoms with Crippen LogP contribution < -0.4 is 4.74 Å². The number of aliphatic hydroxyl groups excluding tert-OH is 1. The Morgan fingerprint density at radius 1 is 1.38 bits per heavy atom. The molecule has 0 saturated carbocycles. The second-order valence-corrected chi connectivity index (χ2v) is 3.44. The molecule has 0 aromatic heterocycles. The fourth-order valence-electron chi connectivity index (χ4n) is 1.56. The summed E-state index contributed by atoms with van der Waals surface area (Å²) in [6, 6.07) is 7.11. The summed E-state index contributed by atoms with van der Waals surface area (Å²) in [6.07, 6.45) is 1.11. The minimum absolute atomic E-state index is 0.189. The first-order valence-electron chi connectivity index (χ1n) is 4.92. The van der Waals surface area contributed by atoms with Crippen molar-refractivity contribution in [2.75, 3.05) is 13.7 Å². The normalized spacial score (nSPS) is 19.2. The maximum Gasteiger partial charge on any atom is 0.339 e. The van der Waals surface area contributed by atoms with Gasteiger partial charge in [-0.25, -0.2) is 4.79 Å². The van der Waals surface area contributed by atoms with Gasteiger partial charge in [0, 0.05) is 0 Å². The monoisotopic (exact) mass is 220 g/mol. The molecular weight excluding hydrogens is 208 g/mol. The zero-order chi connectivity index (χ0) is 11.5. The minimum atomic E-state index is -0.524. The molecule has 4 heteroatoms. The Labute approximate surface area is 93.1 Å². The first-order chi connectivity index (χ1) is 7.74. The van der Waals surface area contributed by atoms with E-state index < -0.39 is 12.1 Å². The van der Waals surface area contributed by atoms with Crippen molar-refractivity contribution in [2.45, 2.75) is 6.10 Å². The predicted octanol–water partition coefficient (Wildman–Crippen LogP) is 0.996. The van der Waals surface area contributed by atoms with E-state index in [0.717, 1.165) is 11.3 Å². The molecule has 1 aromatic rings. The molecule has 4 nitrogen and oxygen atoms in total. The van der Waals surface area contributed by atoms with Gasteiger partial charge in [-0.1, -0.05) is 12.1 Å². The van der Waals surface area contributed by atoms with Gasteiger partial charge in [0.2, 0.25) is 0 Å². The molecule has 0 aliphatic carbocycles. The summed E-state index contributed by atoms with van der Waals surface area (Å²) in [6.45, 7) is -0.189. The van der Waals surface area contributed by atoms with E-state index >= 15 is 0 Å². The lowest BCUT2D eigenvalue weighted by Crippen LogP contribution is -2.11. The first-order valence-corrected chi connectivity index (χ1v) is 4.92. The number of hydrogen-bond donors (Lipinski definition) is 1. The Morgan fingerprint density at radius 3 is 2.56 bits per heavy atom. The van der Waals surface area contributed by atoms with Crippen LogP contribution in [0.1, 0.15) is 5.56 Å². The second-order valence-electron chi connectivity index (χ2n) is 3.44. The smallest absolute Gasteiger partial charge is 0.339 e. The quantitative estimate of drug-likeness (QED) is 0.772. The van der Waals surface area contributed by atoms with Gasteiger partial charge in [-0.05, 0) is 23.8 Å². The van der Waals surface area contributed by atoms with Gasteiger partial charge in [-0.3, -0.25) is 0 Å². The fraction of sp³-hybridized carbons (Fsp3) is 0.250. The average Bonchev–Trinajstić information content (AvgIpc) is 2.71. The van der Waals surface area contributed by atoms with Crippen molar-refractivity contribution in [3.05, 3.63) is 35.9 Å². The molecule has 0 spiro atoms. The highest BCUT2D eigenvalue weighted by atomic mass is 16.6. The maximum atomic E-state index is 11.5. The van der Waals surface area contributed by atoms with E-state index in [2.05, 4.69) is 0 Å². The van der Waals surface area contributed by atoms with E-state index in [9.17, 15) is 4.79 Å². The third kappa shape index (κ3) is 1.92. The molecule has 1 N–H and O–H groups in total. The Kier molecular flexibility index (Phi) is 2.92. The molecule has 0 unspecified atom stereocenters. The van der Waals surface area contributed by atoms with Crippen molar-refractivity contribution in [1.29, 1.82) is 0 Å². The third-order valence-corrected chi connectivity index (χ3v) is 2.41. The summed E-state index contributed by atoms with van der Waals surface area (Å²) in [5.74, 6) is 0.332. The van der Waals surface area contributed by atoms with Crippen LogP contribution in [0.3, 0.4) is 0 Å². The zero-order valence-electron chi connectivity index (χ0n) is 8.84.